The maximum Gasteiger partial charge on any atom is 0.251 e. The SMILES string of the molecule is COc1ccc(C2(CNC(=O)c3ccc(SCc4csc(C)n4)cc3)CCOCC2)cc1. The van der Waals surface area contributed by atoms with E-state index in [0.717, 1.165) is 39.9 Å². The molecule has 2 heterocycles. The number of thioether (sulfide) groups is 1. The van der Waals surface area contributed by atoms with Gasteiger partial charge in [0.1, 0.15) is 5.75 Å². The van der Waals surface area contributed by atoms with E-state index in [4.69, 9.17) is 9.47 Å². The van der Waals surface area contributed by atoms with Crippen molar-refractivity contribution in [3.05, 3.63) is 75.7 Å². The molecule has 1 aliphatic rings. The summed E-state index contributed by atoms with van der Waals surface area (Å²) in [5.74, 6) is 1.63. The van der Waals surface area contributed by atoms with Crippen molar-refractivity contribution in [3.8, 4) is 5.75 Å². The number of amides is 1. The number of methoxy groups -OCH3 is 1. The van der Waals surface area contributed by atoms with Crippen molar-refractivity contribution in [2.75, 3.05) is 26.9 Å². The molecule has 0 aliphatic carbocycles. The molecule has 1 saturated heterocycles. The summed E-state index contributed by atoms with van der Waals surface area (Å²) in [6.45, 7) is 4.01. The second-order valence-corrected chi connectivity index (χ2v) is 10.1. The Morgan fingerprint density at radius 2 is 1.88 bits per heavy atom. The van der Waals surface area contributed by atoms with Gasteiger partial charge in [-0.3, -0.25) is 4.79 Å². The van der Waals surface area contributed by atoms with E-state index in [-0.39, 0.29) is 11.3 Å². The molecule has 0 atom stereocenters. The van der Waals surface area contributed by atoms with E-state index in [1.807, 2.05) is 43.3 Å². The molecule has 7 heteroatoms. The van der Waals surface area contributed by atoms with Gasteiger partial charge >= 0.3 is 0 Å². The highest BCUT2D eigenvalue weighted by molar-refractivity contribution is 7.98. The minimum Gasteiger partial charge on any atom is -0.497 e. The van der Waals surface area contributed by atoms with E-state index in [2.05, 4.69) is 27.8 Å². The first-order valence-corrected chi connectivity index (χ1v) is 12.6. The van der Waals surface area contributed by atoms with E-state index in [1.54, 1.807) is 30.2 Å². The fourth-order valence-corrected chi connectivity index (χ4v) is 5.47. The summed E-state index contributed by atoms with van der Waals surface area (Å²) in [6, 6.07) is 16.0. The van der Waals surface area contributed by atoms with Gasteiger partial charge in [0.15, 0.2) is 0 Å². The zero-order valence-electron chi connectivity index (χ0n) is 18.4. The van der Waals surface area contributed by atoms with Crippen LogP contribution in [0.25, 0.3) is 0 Å². The topological polar surface area (TPSA) is 60.5 Å². The van der Waals surface area contributed by atoms with Gasteiger partial charge in [-0.1, -0.05) is 12.1 Å². The zero-order valence-corrected chi connectivity index (χ0v) is 20.1. The number of hydrogen-bond acceptors (Lipinski definition) is 6. The van der Waals surface area contributed by atoms with Crippen LogP contribution in [0.4, 0.5) is 0 Å². The molecule has 4 rings (SSSR count). The molecular weight excluding hydrogens is 440 g/mol. The van der Waals surface area contributed by atoms with Crippen molar-refractivity contribution < 1.29 is 14.3 Å². The highest BCUT2D eigenvalue weighted by Crippen LogP contribution is 2.35. The summed E-state index contributed by atoms with van der Waals surface area (Å²) in [5, 5.41) is 6.36. The van der Waals surface area contributed by atoms with Gasteiger partial charge in [-0.25, -0.2) is 4.98 Å². The number of nitrogens with zero attached hydrogens (tertiary/aromatic N) is 1. The molecule has 0 radical (unpaired) electrons. The summed E-state index contributed by atoms with van der Waals surface area (Å²) in [6.07, 6.45) is 1.76. The third-order valence-electron chi connectivity index (χ3n) is 5.91. The molecule has 1 aliphatic heterocycles. The van der Waals surface area contributed by atoms with Crippen LogP contribution < -0.4 is 10.1 Å². The fourth-order valence-electron chi connectivity index (χ4n) is 3.96. The van der Waals surface area contributed by atoms with Crippen LogP contribution in [0.1, 0.15) is 39.5 Å². The molecule has 5 nitrogen and oxygen atoms in total. The Hall–Kier alpha value is -2.35. The van der Waals surface area contributed by atoms with Gasteiger partial charge in [0, 0.05) is 46.8 Å². The zero-order chi connectivity index (χ0) is 22.4. The second kappa shape index (κ2) is 10.5. The van der Waals surface area contributed by atoms with E-state index < -0.39 is 0 Å². The second-order valence-electron chi connectivity index (χ2n) is 7.97. The van der Waals surface area contributed by atoms with Crippen molar-refractivity contribution in [2.45, 2.75) is 35.8 Å². The maximum atomic E-state index is 12.9. The summed E-state index contributed by atoms with van der Waals surface area (Å²) < 4.78 is 10.9. The standard InChI is InChI=1S/C25H28N2O3S2/c1-18-27-21(15-31-18)16-32-23-9-3-19(4-10-23)24(28)26-17-25(11-13-30-14-12-25)20-5-7-22(29-2)8-6-20/h3-10,15H,11-14,16-17H2,1-2H3,(H,26,28). The summed E-state index contributed by atoms with van der Waals surface area (Å²) in [4.78, 5) is 18.5. The third kappa shape index (κ3) is 5.52. The Morgan fingerprint density at radius 3 is 2.50 bits per heavy atom. The molecule has 1 aromatic heterocycles. The van der Waals surface area contributed by atoms with Gasteiger partial charge in [-0.2, -0.15) is 0 Å². The smallest absolute Gasteiger partial charge is 0.251 e. The van der Waals surface area contributed by atoms with E-state index >= 15 is 0 Å². The van der Waals surface area contributed by atoms with Crippen molar-refractivity contribution in [1.29, 1.82) is 0 Å². The van der Waals surface area contributed by atoms with Crippen LogP contribution in [0.3, 0.4) is 0 Å². The first-order chi connectivity index (χ1) is 15.6. The van der Waals surface area contributed by atoms with Crippen LogP contribution in [0.5, 0.6) is 5.75 Å². The van der Waals surface area contributed by atoms with Gasteiger partial charge < -0.3 is 14.8 Å². The summed E-state index contributed by atoms with van der Waals surface area (Å²) in [7, 11) is 1.67. The Morgan fingerprint density at radius 1 is 1.16 bits per heavy atom. The number of benzene rings is 2. The molecule has 3 aromatic rings. The van der Waals surface area contributed by atoms with Crippen LogP contribution in [-0.4, -0.2) is 37.8 Å². The van der Waals surface area contributed by atoms with Crippen molar-refractivity contribution in [2.24, 2.45) is 0 Å². The number of carbonyl (C=O) groups excluding carboxylic acids is 1. The number of carbonyl (C=O) groups is 1. The Balaban J connectivity index is 1.38. The maximum absolute atomic E-state index is 12.9. The number of aromatic nitrogens is 1. The van der Waals surface area contributed by atoms with Crippen molar-refractivity contribution in [1.82, 2.24) is 10.3 Å². The van der Waals surface area contributed by atoms with E-state index in [0.29, 0.717) is 25.3 Å². The lowest BCUT2D eigenvalue weighted by Crippen LogP contribution is -2.44. The molecule has 2 aromatic carbocycles. The lowest BCUT2D eigenvalue weighted by molar-refractivity contribution is 0.0487. The molecule has 1 fully saturated rings. The number of aryl methyl sites for hydroxylation is 1. The third-order valence-corrected chi connectivity index (χ3v) is 7.78. The molecule has 1 N–H and O–H groups in total. The van der Waals surface area contributed by atoms with Gasteiger partial charge in [0.2, 0.25) is 0 Å². The van der Waals surface area contributed by atoms with E-state index in [9.17, 15) is 4.79 Å². The van der Waals surface area contributed by atoms with Crippen LogP contribution in [0.2, 0.25) is 0 Å². The lowest BCUT2D eigenvalue weighted by Gasteiger charge is -2.38. The first kappa shape index (κ1) is 22.8. The van der Waals surface area contributed by atoms with Crippen LogP contribution >= 0.6 is 23.1 Å². The number of hydrogen-bond donors (Lipinski definition) is 1. The Bertz CT molecular complexity index is 1030. The first-order valence-electron chi connectivity index (χ1n) is 10.7. The summed E-state index contributed by atoms with van der Waals surface area (Å²) in [5.41, 5.74) is 2.86. The van der Waals surface area contributed by atoms with Crippen molar-refractivity contribution >= 4 is 29.0 Å². The average Bonchev–Trinajstić information content (AvgIpc) is 3.27. The molecule has 168 valence electrons. The van der Waals surface area contributed by atoms with Crippen LogP contribution in [0.15, 0.2) is 58.8 Å². The quantitative estimate of drug-likeness (QED) is 0.459. The van der Waals surface area contributed by atoms with Crippen LogP contribution in [0, 0.1) is 6.92 Å². The molecule has 0 bridgehead atoms. The van der Waals surface area contributed by atoms with Crippen molar-refractivity contribution in [3.63, 3.8) is 0 Å². The predicted octanol–water partition coefficient (Wildman–Crippen LogP) is 5.23. The van der Waals surface area contributed by atoms with Gasteiger partial charge in [-0.05, 0) is 61.7 Å². The number of rotatable bonds is 8. The normalized spacial score (nSPS) is 15.3. The molecule has 1 amide bonds. The molecular formula is C25H28N2O3S2. The molecule has 0 unspecified atom stereocenters. The molecule has 0 spiro atoms. The summed E-state index contributed by atoms with van der Waals surface area (Å²) >= 11 is 3.40. The molecule has 32 heavy (non-hydrogen) atoms. The van der Waals surface area contributed by atoms with Gasteiger partial charge in [0.25, 0.3) is 5.91 Å². The van der Waals surface area contributed by atoms with Crippen LogP contribution in [-0.2, 0) is 15.9 Å². The predicted molar refractivity (Wildman–Crippen MR) is 130 cm³/mol. The van der Waals surface area contributed by atoms with Gasteiger partial charge in [-0.15, -0.1) is 23.1 Å². The monoisotopic (exact) mass is 468 g/mol. The Labute approximate surface area is 197 Å². The average molecular weight is 469 g/mol. The number of ether oxygens (including phenoxy) is 2. The number of nitrogens with one attached hydrogen (secondary N) is 1. The lowest BCUT2D eigenvalue weighted by atomic mass is 9.74. The minimum atomic E-state index is -0.123. The minimum absolute atomic E-state index is 0.0453. The highest BCUT2D eigenvalue weighted by atomic mass is 32.2. The Kier molecular flexibility index (Phi) is 7.50. The fraction of sp³-hybridized carbons (Fsp3) is 0.360. The van der Waals surface area contributed by atoms with Gasteiger partial charge in [0.05, 0.1) is 17.8 Å². The largest absolute Gasteiger partial charge is 0.497 e. The highest BCUT2D eigenvalue weighted by Gasteiger charge is 2.35. The van der Waals surface area contributed by atoms with E-state index in [1.165, 1.54) is 5.56 Å². The number of thiazole rings is 1. The molecule has 0 saturated carbocycles.